The predicted molar refractivity (Wildman–Crippen MR) is 62.5 cm³/mol. The molecule has 2 aromatic rings. The predicted octanol–water partition coefficient (Wildman–Crippen LogP) is 2.00. The summed E-state index contributed by atoms with van der Waals surface area (Å²) >= 11 is 0. The molecule has 0 spiro atoms. The molecule has 2 rings (SSSR count). The number of anilines is 1. The molecule has 0 atom stereocenters. The number of hydrogen-bond acceptors (Lipinski definition) is 5. The minimum atomic E-state index is -0.415. The van der Waals surface area contributed by atoms with Crippen LogP contribution in [0.5, 0.6) is 0 Å². The monoisotopic (exact) mass is 230 g/mol. The number of non-ortho nitro benzene ring substituents is 1. The normalized spacial score (nSPS) is 9.88. The van der Waals surface area contributed by atoms with Gasteiger partial charge in [-0.05, 0) is 11.6 Å². The van der Waals surface area contributed by atoms with Crippen LogP contribution in [0.3, 0.4) is 0 Å². The van der Waals surface area contributed by atoms with Crippen LogP contribution in [0.15, 0.2) is 42.9 Å². The van der Waals surface area contributed by atoms with E-state index in [1.165, 1.54) is 18.5 Å². The second-order valence-electron chi connectivity index (χ2n) is 3.37. The highest BCUT2D eigenvalue weighted by Gasteiger charge is 2.03. The van der Waals surface area contributed by atoms with E-state index < -0.39 is 4.92 Å². The Morgan fingerprint density at radius 3 is 2.59 bits per heavy atom. The number of hydrogen-bond donors (Lipinski definition) is 1. The average molecular weight is 230 g/mol. The van der Waals surface area contributed by atoms with Crippen LogP contribution in [0.1, 0.15) is 5.56 Å². The molecule has 0 saturated heterocycles. The van der Waals surface area contributed by atoms with E-state index >= 15 is 0 Å². The molecule has 0 aliphatic heterocycles. The van der Waals surface area contributed by atoms with Gasteiger partial charge in [0.05, 0.1) is 4.92 Å². The van der Waals surface area contributed by atoms with Gasteiger partial charge in [-0.3, -0.25) is 10.1 Å². The summed E-state index contributed by atoms with van der Waals surface area (Å²) in [6.45, 7) is 0.564. The highest BCUT2D eigenvalue weighted by atomic mass is 16.6. The summed E-state index contributed by atoms with van der Waals surface area (Å²) in [7, 11) is 0. The van der Waals surface area contributed by atoms with Gasteiger partial charge in [-0.2, -0.15) is 0 Å². The highest BCUT2D eigenvalue weighted by molar-refractivity contribution is 5.36. The van der Waals surface area contributed by atoms with Gasteiger partial charge in [-0.15, -0.1) is 0 Å². The molecule has 86 valence electrons. The largest absolute Gasteiger partial charge is 0.366 e. The van der Waals surface area contributed by atoms with Gasteiger partial charge in [0.2, 0.25) is 0 Å². The second kappa shape index (κ2) is 5.02. The van der Waals surface area contributed by atoms with Gasteiger partial charge >= 0.3 is 0 Å². The summed E-state index contributed by atoms with van der Waals surface area (Å²) in [5.41, 5.74) is 1.05. The average Bonchev–Trinajstić information content (AvgIpc) is 2.38. The number of nitro benzene ring substituents is 1. The maximum atomic E-state index is 10.5. The Bertz CT molecular complexity index is 499. The summed E-state index contributed by atoms with van der Waals surface area (Å²) < 4.78 is 0. The highest BCUT2D eigenvalue weighted by Crippen LogP contribution is 2.12. The summed E-state index contributed by atoms with van der Waals surface area (Å²) in [5.74, 6) is 0.721. The van der Waals surface area contributed by atoms with Crippen molar-refractivity contribution in [2.24, 2.45) is 0 Å². The van der Waals surface area contributed by atoms with Crippen molar-refractivity contribution < 1.29 is 4.92 Å². The second-order valence-corrected chi connectivity index (χ2v) is 3.37. The van der Waals surface area contributed by atoms with Crippen molar-refractivity contribution in [3.8, 4) is 0 Å². The zero-order valence-corrected chi connectivity index (χ0v) is 8.91. The van der Waals surface area contributed by atoms with Gasteiger partial charge < -0.3 is 5.32 Å². The summed E-state index contributed by atoms with van der Waals surface area (Å²) in [5, 5.41) is 13.6. The Hall–Kier alpha value is -2.50. The van der Waals surface area contributed by atoms with Gasteiger partial charge in [0.1, 0.15) is 12.1 Å². The van der Waals surface area contributed by atoms with Crippen molar-refractivity contribution in [2.75, 3.05) is 5.32 Å². The molecular weight excluding hydrogens is 220 g/mol. The Labute approximate surface area is 97.5 Å². The van der Waals surface area contributed by atoms with Gasteiger partial charge in [0.25, 0.3) is 5.69 Å². The van der Waals surface area contributed by atoms with Gasteiger partial charge in [-0.1, -0.05) is 12.1 Å². The van der Waals surface area contributed by atoms with E-state index in [-0.39, 0.29) is 5.69 Å². The fourth-order valence-electron chi connectivity index (χ4n) is 1.32. The Morgan fingerprint density at radius 1 is 1.24 bits per heavy atom. The molecule has 0 bridgehead atoms. The lowest BCUT2D eigenvalue weighted by Gasteiger charge is -2.04. The molecule has 0 amide bonds. The summed E-state index contributed by atoms with van der Waals surface area (Å²) in [6, 6.07) is 8.15. The summed E-state index contributed by atoms with van der Waals surface area (Å²) in [4.78, 5) is 17.9. The van der Waals surface area contributed by atoms with E-state index in [0.717, 1.165) is 11.4 Å². The van der Waals surface area contributed by atoms with Crippen molar-refractivity contribution in [2.45, 2.75) is 6.54 Å². The third-order valence-corrected chi connectivity index (χ3v) is 2.20. The number of nitrogens with zero attached hydrogens (tertiary/aromatic N) is 3. The molecule has 0 aliphatic rings. The molecule has 1 aromatic heterocycles. The minimum absolute atomic E-state index is 0.0933. The lowest BCUT2D eigenvalue weighted by molar-refractivity contribution is -0.384. The first-order chi connectivity index (χ1) is 8.25. The maximum absolute atomic E-state index is 10.5. The molecule has 6 nitrogen and oxygen atoms in total. The molecular formula is C11H10N4O2. The molecule has 1 aromatic carbocycles. The quantitative estimate of drug-likeness (QED) is 0.641. The van der Waals surface area contributed by atoms with Gasteiger partial charge in [0.15, 0.2) is 0 Å². The standard InChI is InChI=1S/C11H10N4O2/c16-15(17)10-3-1-9(2-4-10)7-13-11-5-6-12-8-14-11/h1-6,8H,7H2,(H,12,13,14). The van der Waals surface area contributed by atoms with Crippen molar-refractivity contribution in [1.82, 2.24) is 9.97 Å². The van der Waals surface area contributed by atoms with E-state index in [4.69, 9.17) is 0 Å². The molecule has 17 heavy (non-hydrogen) atoms. The van der Waals surface area contributed by atoms with Crippen LogP contribution < -0.4 is 5.32 Å². The van der Waals surface area contributed by atoms with Crippen LogP contribution >= 0.6 is 0 Å². The van der Waals surface area contributed by atoms with Crippen LogP contribution in [-0.4, -0.2) is 14.9 Å². The lowest BCUT2D eigenvalue weighted by atomic mass is 10.2. The number of benzene rings is 1. The van der Waals surface area contributed by atoms with Gasteiger partial charge in [-0.25, -0.2) is 9.97 Å². The Kier molecular flexibility index (Phi) is 3.25. The molecule has 0 fully saturated rings. The van der Waals surface area contributed by atoms with E-state index in [9.17, 15) is 10.1 Å². The third-order valence-electron chi connectivity index (χ3n) is 2.20. The molecule has 0 saturated carbocycles. The van der Waals surface area contributed by atoms with Crippen LogP contribution in [0.4, 0.5) is 11.5 Å². The van der Waals surface area contributed by atoms with E-state index in [2.05, 4.69) is 15.3 Å². The first-order valence-corrected chi connectivity index (χ1v) is 4.99. The fraction of sp³-hybridized carbons (Fsp3) is 0.0909. The molecule has 0 radical (unpaired) electrons. The molecule has 0 aliphatic carbocycles. The Balaban J connectivity index is 1.98. The number of rotatable bonds is 4. The first kappa shape index (κ1) is 11.0. The van der Waals surface area contributed by atoms with E-state index in [1.807, 2.05) is 0 Å². The van der Waals surface area contributed by atoms with Crippen LogP contribution in [0.25, 0.3) is 0 Å². The zero-order chi connectivity index (χ0) is 12.1. The number of nitrogens with one attached hydrogen (secondary N) is 1. The van der Waals surface area contributed by atoms with Crippen molar-refractivity contribution in [3.63, 3.8) is 0 Å². The molecule has 6 heteroatoms. The van der Waals surface area contributed by atoms with Crippen molar-refractivity contribution in [3.05, 3.63) is 58.5 Å². The molecule has 1 N–H and O–H groups in total. The SMILES string of the molecule is O=[N+]([O-])c1ccc(CNc2ccncn2)cc1. The zero-order valence-electron chi connectivity index (χ0n) is 8.91. The first-order valence-electron chi connectivity index (χ1n) is 4.99. The molecule has 0 unspecified atom stereocenters. The maximum Gasteiger partial charge on any atom is 0.269 e. The molecule has 1 heterocycles. The summed E-state index contributed by atoms with van der Waals surface area (Å²) in [6.07, 6.45) is 3.10. The van der Waals surface area contributed by atoms with Crippen LogP contribution in [0.2, 0.25) is 0 Å². The van der Waals surface area contributed by atoms with Crippen LogP contribution in [0, 0.1) is 10.1 Å². The van der Waals surface area contributed by atoms with E-state index in [0.29, 0.717) is 6.54 Å². The minimum Gasteiger partial charge on any atom is -0.366 e. The lowest BCUT2D eigenvalue weighted by Crippen LogP contribution is -2.01. The topological polar surface area (TPSA) is 81.0 Å². The van der Waals surface area contributed by atoms with Crippen LogP contribution in [-0.2, 0) is 6.54 Å². The smallest absolute Gasteiger partial charge is 0.269 e. The number of aromatic nitrogens is 2. The van der Waals surface area contributed by atoms with Crippen molar-refractivity contribution in [1.29, 1.82) is 0 Å². The Morgan fingerprint density at radius 2 is 2.00 bits per heavy atom. The van der Waals surface area contributed by atoms with Gasteiger partial charge in [0, 0.05) is 24.9 Å². The fourth-order valence-corrected chi connectivity index (χ4v) is 1.32. The third kappa shape index (κ3) is 2.97. The van der Waals surface area contributed by atoms with Crippen molar-refractivity contribution >= 4 is 11.5 Å². The number of nitro groups is 1. The van der Waals surface area contributed by atoms with E-state index in [1.54, 1.807) is 24.4 Å².